The summed E-state index contributed by atoms with van der Waals surface area (Å²) in [5.41, 5.74) is 3.06. The van der Waals surface area contributed by atoms with Gasteiger partial charge in [0.1, 0.15) is 11.2 Å². The summed E-state index contributed by atoms with van der Waals surface area (Å²) in [7, 11) is 0. The van der Waals surface area contributed by atoms with Gasteiger partial charge in [0.25, 0.3) is 0 Å². The third-order valence-electron chi connectivity index (χ3n) is 5.99. The Kier molecular flexibility index (Phi) is 5.65. The summed E-state index contributed by atoms with van der Waals surface area (Å²) in [6, 6.07) is 10.3. The van der Waals surface area contributed by atoms with Crippen LogP contribution >= 0.6 is 0 Å². The number of morpholine rings is 1. The van der Waals surface area contributed by atoms with E-state index in [9.17, 15) is 0 Å². The Bertz CT molecular complexity index is 1030. The first-order valence-corrected chi connectivity index (χ1v) is 10.9. The minimum Gasteiger partial charge on any atom is -0.378 e. The van der Waals surface area contributed by atoms with E-state index in [1.54, 1.807) is 12.4 Å². The molecule has 2 aliphatic rings. The summed E-state index contributed by atoms with van der Waals surface area (Å²) in [6.45, 7) is 4.73. The minimum atomic E-state index is -1.29. The van der Waals surface area contributed by atoms with Gasteiger partial charge in [0.2, 0.25) is 0 Å². The number of anilines is 2. The van der Waals surface area contributed by atoms with Gasteiger partial charge in [0, 0.05) is 43.3 Å². The van der Waals surface area contributed by atoms with E-state index in [-0.39, 0.29) is 6.54 Å². The molecule has 0 unspecified atom stereocenters. The van der Waals surface area contributed by atoms with Crippen molar-refractivity contribution < 1.29 is 9.13 Å². The van der Waals surface area contributed by atoms with E-state index >= 15 is 4.39 Å². The number of nitrogens with zero attached hydrogens (tertiary/aromatic N) is 4. The van der Waals surface area contributed by atoms with E-state index in [2.05, 4.69) is 49.8 Å². The highest BCUT2D eigenvalue weighted by atomic mass is 19.1. The molecule has 0 saturated carbocycles. The lowest BCUT2D eigenvalue weighted by Gasteiger charge is -2.30. The predicted molar refractivity (Wildman–Crippen MR) is 120 cm³/mol. The molecule has 1 atom stereocenters. The molecular weight excluding hydrogens is 395 g/mol. The summed E-state index contributed by atoms with van der Waals surface area (Å²) in [5, 5.41) is 6.36. The zero-order valence-corrected chi connectivity index (χ0v) is 17.5. The summed E-state index contributed by atoms with van der Waals surface area (Å²) in [4.78, 5) is 16.0. The van der Waals surface area contributed by atoms with Gasteiger partial charge in [-0.1, -0.05) is 12.1 Å². The number of ether oxygens (including phenoxy) is 1. The third kappa shape index (κ3) is 4.45. The summed E-state index contributed by atoms with van der Waals surface area (Å²) < 4.78 is 20.5. The van der Waals surface area contributed by atoms with Gasteiger partial charge >= 0.3 is 0 Å². The second-order valence-electron chi connectivity index (χ2n) is 8.21. The van der Waals surface area contributed by atoms with Crippen molar-refractivity contribution in [3.05, 3.63) is 42.7 Å². The molecule has 0 spiro atoms. The van der Waals surface area contributed by atoms with Gasteiger partial charge in [-0.15, -0.1) is 0 Å². The van der Waals surface area contributed by atoms with E-state index < -0.39 is 5.67 Å². The van der Waals surface area contributed by atoms with Crippen LogP contribution in [-0.2, 0) is 4.74 Å². The minimum absolute atomic E-state index is 0.193. The third-order valence-corrected chi connectivity index (χ3v) is 5.99. The van der Waals surface area contributed by atoms with Gasteiger partial charge < -0.3 is 20.3 Å². The van der Waals surface area contributed by atoms with Crippen LogP contribution in [0.2, 0.25) is 0 Å². The number of hydrogen-bond donors (Lipinski definition) is 2. The molecule has 2 fully saturated rings. The normalized spacial score (nSPS) is 21.9. The smallest absolute Gasteiger partial charge is 0.155 e. The van der Waals surface area contributed by atoms with Crippen LogP contribution in [0.4, 0.5) is 15.9 Å². The average Bonchev–Trinajstić information content (AvgIpc) is 2.83. The number of aromatic nitrogens is 3. The number of alkyl halides is 1. The maximum absolute atomic E-state index is 15.1. The number of piperidine rings is 1. The van der Waals surface area contributed by atoms with E-state index in [4.69, 9.17) is 9.72 Å². The van der Waals surface area contributed by atoms with Crippen LogP contribution in [-0.4, -0.2) is 66.6 Å². The molecule has 0 aliphatic carbocycles. The van der Waals surface area contributed by atoms with Crippen molar-refractivity contribution in [2.45, 2.75) is 18.5 Å². The van der Waals surface area contributed by atoms with Crippen molar-refractivity contribution in [1.82, 2.24) is 20.3 Å². The summed E-state index contributed by atoms with van der Waals surface area (Å²) in [6.07, 6.45) is 4.68. The molecule has 2 aromatic heterocycles. The Morgan fingerprint density at radius 3 is 2.71 bits per heavy atom. The highest BCUT2D eigenvalue weighted by Crippen LogP contribution is 2.29. The molecule has 162 valence electrons. The fourth-order valence-corrected chi connectivity index (χ4v) is 4.23. The van der Waals surface area contributed by atoms with E-state index in [0.29, 0.717) is 24.3 Å². The van der Waals surface area contributed by atoms with Crippen LogP contribution in [0.15, 0.2) is 42.7 Å². The molecule has 4 heterocycles. The fourth-order valence-electron chi connectivity index (χ4n) is 4.23. The first-order chi connectivity index (χ1) is 15.2. The number of pyridine rings is 1. The van der Waals surface area contributed by atoms with Crippen molar-refractivity contribution in [3.63, 3.8) is 0 Å². The predicted octanol–water partition coefficient (Wildman–Crippen LogP) is 3.03. The Balaban J connectivity index is 1.42. The lowest BCUT2D eigenvalue weighted by molar-refractivity contribution is 0.122. The van der Waals surface area contributed by atoms with E-state index in [1.807, 2.05) is 6.07 Å². The molecule has 0 amide bonds. The van der Waals surface area contributed by atoms with Crippen LogP contribution in [0.25, 0.3) is 22.3 Å². The van der Waals surface area contributed by atoms with Crippen molar-refractivity contribution >= 4 is 22.5 Å². The second kappa shape index (κ2) is 8.72. The number of hydrogen-bond acceptors (Lipinski definition) is 7. The van der Waals surface area contributed by atoms with E-state index in [1.165, 1.54) is 5.69 Å². The standard InChI is InChI=1S/C23H27FN6O/c24-23(6-1-7-25-15-23)16-28-22-21-20(26-8-9-27-21)14-19(29-22)17-2-4-18(5-3-17)30-10-12-31-13-11-30/h2-5,8-9,14,25H,1,6-7,10-13,15-16H2,(H,28,29)/t23-/m0/s1. The fraction of sp³-hybridized carbons (Fsp3) is 0.435. The van der Waals surface area contributed by atoms with Crippen LogP contribution < -0.4 is 15.5 Å². The zero-order valence-electron chi connectivity index (χ0n) is 17.5. The molecule has 2 saturated heterocycles. The lowest BCUT2D eigenvalue weighted by Crippen LogP contribution is -2.46. The Morgan fingerprint density at radius 1 is 1.13 bits per heavy atom. The van der Waals surface area contributed by atoms with Crippen molar-refractivity contribution in [3.8, 4) is 11.3 Å². The quantitative estimate of drug-likeness (QED) is 0.655. The van der Waals surface area contributed by atoms with Gasteiger partial charge in [-0.3, -0.25) is 4.98 Å². The highest BCUT2D eigenvalue weighted by Gasteiger charge is 2.31. The monoisotopic (exact) mass is 422 g/mol. The van der Waals surface area contributed by atoms with Crippen LogP contribution in [0.1, 0.15) is 12.8 Å². The molecule has 5 rings (SSSR count). The molecule has 0 radical (unpaired) electrons. The van der Waals surface area contributed by atoms with Gasteiger partial charge in [-0.2, -0.15) is 0 Å². The van der Waals surface area contributed by atoms with Crippen molar-refractivity contribution in [2.24, 2.45) is 0 Å². The number of fused-ring (bicyclic) bond motifs is 1. The number of nitrogens with one attached hydrogen (secondary N) is 2. The topological polar surface area (TPSA) is 75.2 Å². The van der Waals surface area contributed by atoms with Crippen LogP contribution in [0, 0.1) is 0 Å². The van der Waals surface area contributed by atoms with Crippen LogP contribution in [0.3, 0.4) is 0 Å². The first kappa shape index (κ1) is 20.1. The summed E-state index contributed by atoms with van der Waals surface area (Å²) >= 11 is 0. The molecule has 2 aliphatic heterocycles. The van der Waals surface area contributed by atoms with Gasteiger partial charge in [-0.05, 0) is 37.6 Å². The number of halogens is 1. The van der Waals surface area contributed by atoms with Gasteiger partial charge in [0.15, 0.2) is 5.82 Å². The second-order valence-corrected chi connectivity index (χ2v) is 8.21. The van der Waals surface area contributed by atoms with Crippen molar-refractivity contribution in [2.75, 3.05) is 56.2 Å². The summed E-state index contributed by atoms with van der Waals surface area (Å²) in [5.74, 6) is 0.570. The largest absolute Gasteiger partial charge is 0.378 e. The Labute approximate surface area is 181 Å². The van der Waals surface area contributed by atoms with Crippen LogP contribution in [0.5, 0.6) is 0 Å². The molecule has 8 heteroatoms. The van der Waals surface area contributed by atoms with Gasteiger partial charge in [0.05, 0.1) is 31.0 Å². The SMILES string of the molecule is F[C@@]1(CNc2nc(-c3ccc(N4CCOCC4)cc3)cc3nccnc23)CCCNC1. The first-order valence-electron chi connectivity index (χ1n) is 10.9. The molecule has 3 aromatic rings. The molecule has 0 bridgehead atoms. The molecule has 7 nitrogen and oxygen atoms in total. The molecular formula is C23H27FN6O. The molecule has 1 aromatic carbocycles. The maximum atomic E-state index is 15.1. The lowest BCUT2D eigenvalue weighted by atomic mass is 9.96. The van der Waals surface area contributed by atoms with Crippen molar-refractivity contribution in [1.29, 1.82) is 0 Å². The highest BCUT2D eigenvalue weighted by molar-refractivity contribution is 5.88. The zero-order chi connectivity index (χ0) is 21.1. The maximum Gasteiger partial charge on any atom is 0.155 e. The Hall–Kier alpha value is -2.84. The molecule has 31 heavy (non-hydrogen) atoms. The molecule has 2 N–H and O–H groups in total. The number of rotatable bonds is 5. The Morgan fingerprint density at radius 2 is 1.94 bits per heavy atom. The average molecular weight is 423 g/mol. The number of benzene rings is 1. The van der Waals surface area contributed by atoms with E-state index in [0.717, 1.165) is 56.0 Å². The van der Waals surface area contributed by atoms with Gasteiger partial charge in [-0.25, -0.2) is 14.4 Å².